The Balaban J connectivity index is 1.97. The van der Waals surface area contributed by atoms with Crippen LogP contribution in [0.15, 0.2) is 26.0 Å². The maximum absolute atomic E-state index is 12.4. The molecule has 0 aromatic carbocycles. The number of nitrogens with one attached hydrogen (secondary N) is 1. The van der Waals surface area contributed by atoms with E-state index in [1.165, 1.54) is 16.9 Å². The monoisotopic (exact) mass is 350 g/mol. The number of aromatic amines is 1. The van der Waals surface area contributed by atoms with E-state index in [1.54, 1.807) is 23.5 Å². The minimum atomic E-state index is -0.0584. The molecule has 4 rings (SSSR count). The third kappa shape index (κ3) is 1.86. The second kappa shape index (κ2) is 4.56. The number of halogens is 1. The highest BCUT2D eigenvalue weighted by atomic mass is 79.9. The van der Waals surface area contributed by atoms with E-state index in [1.807, 2.05) is 0 Å². The molecule has 1 aliphatic carbocycles. The first-order chi connectivity index (χ1) is 9.72. The Morgan fingerprint density at radius 1 is 1.30 bits per heavy atom. The van der Waals surface area contributed by atoms with Crippen LogP contribution in [0.2, 0.25) is 0 Å². The lowest BCUT2D eigenvalue weighted by atomic mass is 9.97. The number of nitrogens with zero attached hydrogens (tertiary/aromatic N) is 1. The molecule has 1 N–H and O–H groups in total. The summed E-state index contributed by atoms with van der Waals surface area (Å²) in [5, 5.41) is 0.777. The Morgan fingerprint density at radius 3 is 2.95 bits per heavy atom. The Hall–Kier alpha value is -1.40. The highest BCUT2D eigenvalue weighted by molar-refractivity contribution is 9.10. The quantitative estimate of drug-likeness (QED) is 0.724. The molecule has 6 heteroatoms. The van der Waals surface area contributed by atoms with E-state index < -0.39 is 0 Å². The number of fused-ring (bicyclic) bond motifs is 3. The van der Waals surface area contributed by atoms with Crippen LogP contribution in [0.1, 0.15) is 23.3 Å². The minimum absolute atomic E-state index is 0.0584. The maximum atomic E-state index is 12.4. The van der Waals surface area contributed by atoms with Gasteiger partial charge in [-0.05, 0) is 59.3 Å². The minimum Gasteiger partial charge on any atom is -0.446 e. The molecule has 0 aliphatic heterocycles. The number of hydrogen-bond donors (Lipinski definition) is 1. The summed E-state index contributed by atoms with van der Waals surface area (Å²) < 4.78 is 6.09. The molecule has 3 aromatic heterocycles. The van der Waals surface area contributed by atoms with Crippen molar-refractivity contribution in [1.82, 2.24) is 9.97 Å². The molecule has 0 saturated carbocycles. The second-order valence-corrected chi connectivity index (χ2v) is 6.77. The number of H-pyrrole nitrogens is 1. The molecule has 0 atom stereocenters. The van der Waals surface area contributed by atoms with Gasteiger partial charge in [-0.3, -0.25) is 4.79 Å². The van der Waals surface area contributed by atoms with Crippen molar-refractivity contribution >= 4 is 37.5 Å². The molecule has 0 unspecified atom stereocenters. The van der Waals surface area contributed by atoms with Crippen LogP contribution in [0.4, 0.5) is 0 Å². The van der Waals surface area contributed by atoms with Crippen LogP contribution >= 0.6 is 27.3 Å². The standard InChI is InChI=1S/C14H11BrN2O2S/c15-10-6-5-8(19-10)12-16-13(18)11-7-3-1-2-4-9(7)20-14(11)17-12/h5-6H,1-4H2,(H,16,17,18). The third-order valence-corrected chi connectivity index (χ3v) is 5.24. The lowest BCUT2D eigenvalue weighted by Crippen LogP contribution is -2.10. The molecular weight excluding hydrogens is 340 g/mol. The number of rotatable bonds is 1. The smallest absolute Gasteiger partial charge is 0.260 e. The first-order valence-electron chi connectivity index (χ1n) is 6.52. The lowest BCUT2D eigenvalue weighted by Gasteiger charge is -2.09. The van der Waals surface area contributed by atoms with Crippen LogP contribution in [0.5, 0.6) is 0 Å². The van der Waals surface area contributed by atoms with Crippen molar-refractivity contribution < 1.29 is 4.42 Å². The summed E-state index contributed by atoms with van der Waals surface area (Å²) in [6.07, 6.45) is 4.42. The van der Waals surface area contributed by atoms with Crippen molar-refractivity contribution in [2.75, 3.05) is 0 Å². The molecule has 0 radical (unpaired) electrons. The van der Waals surface area contributed by atoms with Crippen molar-refractivity contribution in [2.45, 2.75) is 25.7 Å². The Bertz CT molecular complexity index is 862. The van der Waals surface area contributed by atoms with Gasteiger partial charge in [0.2, 0.25) is 0 Å². The van der Waals surface area contributed by atoms with Crippen LogP contribution < -0.4 is 5.56 Å². The average Bonchev–Trinajstić information content (AvgIpc) is 3.01. The predicted octanol–water partition coefficient (Wildman–Crippen LogP) is 3.89. The van der Waals surface area contributed by atoms with Gasteiger partial charge in [-0.1, -0.05) is 0 Å². The van der Waals surface area contributed by atoms with Gasteiger partial charge in [0.1, 0.15) is 4.83 Å². The Labute approximate surface area is 127 Å². The van der Waals surface area contributed by atoms with Gasteiger partial charge in [-0.25, -0.2) is 4.98 Å². The van der Waals surface area contributed by atoms with Gasteiger partial charge in [0, 0.05) is 4.88 Å². The predicted molar refractivity (Wildman–Crippen MR) is 82.3 cm³/mol. The summed E-state index contributed by atoms with van der Waals surface area (Å²) in [5.74, 6) is 1.06. The molecule has 0 saturated heterocycles. The van der Waals surface area contributed by atoms with Gasteiger partial charge >= 0.3 is 0 Å². The Kier molecular flexibility index (Phi) is 2.82. The second-order valence-electron chi connectivity index (χ2n) is 4.91. The van der Waals surface area contributed by atoms with Gasteiger partial charge in [-0.2, -0.15) is 0 Å². The lowest BCUT2D eigenvalue weighted by molar-refractivity contribution is 0.551. The number of furan rings is 1. The molecule has 4 nitrogen and oxygen atoms in total. The normalized spacial score (nSPS) is 14.7. The molecule has 102 valence electrons. The highest BCUT2D eigenvalue weighted by Crippen LogP contribution is 2.34. The average molecular weight is 351 g/mol. The zero-order valence-corrected chi connectivity index (χ0v) is 12.9. The third-order valence-electron chi connectivity index (χ3n) is 3.63. The van der Waals surface area contributed by atoms with Gasteiger partial charge in [0.15, 0.2) is 16.3 Å². The summed E-state index contributed by atoms with van der Waals surface area (Å²) in [6.45, 7) is 0. The number of aromatic nitrogens is 2. The van der Waals surface area contributed by atoms with Crippen molar-refractivity contribution in [1.29, 1.82) is 0 Å². The number of aryl methyl sites for hydroxylation is 2. The molecule has 1 aliphatic rings. The summed E-state index contributed by atoms with van der Waals surface area (Å²) in [4.78, 5) is 21.9. The molecule has 0 fully saturated rings. The summed E-state index contributed by atoms with van der Waals surface area (Å²) in [7, 11) is 0. The van der Waals surface area contributed by atoms with Gasteiger partial charge in [0.05, 0.1) is 5.39 Å². The molecule has 3 aromatic rings. The highest BCUT2D eigenvalue weighted by Gasteiger charge is 2.20. The molecular formula is C14H11BrN2O2S. The summed E-state index contributed by atoms with van der Waals surface area (Å²) >= 11 is 4.91. The molecule has 0 bridgehead atoms. The van der Waals surface area contributed by atoms with E-state index in [-0.39, 0.29) is 5.56 Å². The van der Waals surface area contributed by atoms with Crippen LogP contribution in [-0.2, 0) is 12.8 Å². The van der Waals surface area contributed by atoms with E-state index in [2.05, 4.69) is 25.9 Å². The van der Waals surface area contributed by atoms with Crippen LogP contribution in [-0.4, -0.2) is 9.97 Å². The summed E-state index contributed by atoms with van der Waals surface area (Å²) in [5.41, 5.74) is 1.15. The van der Waals surface area contributed by atoms with E-state index in [9.17, 15) is 4.79 Å². The van der Waals surface area contributed by atoms with Crippen LogP contribution in [0.3, 0.4) is 0 Å². The molecule has 0 spiro atoms. The zero-order valence-electron chi connectivity index (χ0n) is 10.5. The van der Waals surface area contributed by atoms with Crippen LogP contribution in [0.25, 0.3) is 21.8 Å². The SMILES string of the molecule is O=c1[nH]c(-c2ccc(Br)o2)nc2sc3c(c12)CCCC3. The molecule has 20 heavy (non-hydrogen) atoms. The van der Waals surface area contributed by atoms with Crippen LogP contribution in [0, 0.1) is 0 Å². The summed E-state index contributed by atoms with van der Waals surface area (Å²) in [6, 6.07) is 3.58. The first-order valence-corrected chi connectivity index (χ1v) is 8.13. The van der Waals surface area contributed by atoms with E-state index in [0.717, 1.165) is 29.5 Å². The molecule has 3 heterocycles. The topological polar surface area (TPSA) is 58.9 Å². The van der Waals surface area contributed by atoms with Crippen molar-refractivity contribution in [3.05, 3.63) is 37.6 Å². The maximum Gasteiger partial charge on any atom is 0.260 e. The fraction of sp³-hybridized carbons (Fsp3) is 0.286. The fourth-order valence-corrected chi connectivity index (χ4v) is 4.29. The van der Waals surface area contributed by atoms with E-state index in [0.29, 0.717) is 16.3 Å². The van der Waals surface area contributed by atoms with Crippen molar-refractivity contribution in [3.63, 3.8) is 0 Å². The largest absolute Gasteiger partial charge is 0.446 e. The van der Waals surface area contributed by atoms with Gasteiger partial charge in [-0.15, -0.1) is 11.3 Å². The zero-order chi connectivity index (χ0) is 13.7. The van der Waals surface area contributed by atoms with Gasteiger partial charge < -0.3 is 9.40 Å². The molecule has 0 amide bonds. The van der Waals surface area contributed by atoms with Crippen molar-refractivity contribution in [2.24, 2.45) is 0 Å². The van der Waals surface area contributed by atoms with E-state index in [4.69, 9.17) is 4.42 Å². The number of thiophene rings is 1. The Morgan fingerprint density at radius 2 is 2.15 bits per heavy atom. The fourth-order valence-electron chi connectivity index (χ4n) is 2.72. The van der Waals surface area contributed by atoms with E-state index >= 15 is 0 Å². The first kappa shape index (κ1) is 12.3. The van der Waals surface area contributed by atoms with Gasteiger partial charge in [0.25, 0.3) is 5.56 Å². The number of hydrogen-bond acceptors (Lipinski definition) is 4. The van der Waals surface area contributed by atoms with Crippen molar-refractivity contribution in [3.8, 4) is 11.6 Å².